The van der Waals surface area contributed by atoms with Gasteiger partial charge in [-0.3, -0.25) is 14.9 Å². The summed E-state index contributed by atoms with van der Waals surface area (Å²) in [7, 11) is 0. The molecule has 10 heteroatoms. The number of nitro groups is 1. The molecule has 0 aliphatic carbocycles. The summed E-state index contributed by atoms with van der Waals surface area (Å²) in [6.45, 7) is 2.04. The van der Waals surface area contributed by atoms with Gasteiger partial charge in [-0.25, -0.2) is 10.4 Å². The van der Waals surface area contributed by atoms with Crippen molar-refractivity contribution in [2.75, 3.05) is 5.32 Å². The topological polar surface area (TPSA) is 123 Å². The number of hydrogen-bond donors (Lipinski definition) is 2. The molecule has 0 spiro atoms. The van der Waals surface area contributed by atoms with E-state index in [1.807, 2.05) is 48.7 Å². The molecule has 0 atom stereocenters. The summed E-state index contributed by atoms with van der Waals surface area (Å²) in [5.74, 6) is 0.588. The third-order valence-electron chi connectivity index (χ3n) is 5.60. The minimum Gasteiger partial charge on any atom is -0.455 e. The zero-order valence-electron chi connectivity index (χ0n) is 20.1. The van der Waals surface area contributed by atoms with E-state index in [-0.39, 0.29) is 11.6 Å². The maximum atomic E-state index is 12.5. The van der Waals surface area contributed by atoms with E-state index < -0.39 is 4.92 Å². The van der Waals surface area contributed by atoms with Gasteiger partial charge >= 0.3 is 0 Å². The SMILES string of the molecule is Cc1ccc(Nc2nc(-c3ccc(C(=O)N/N=C\c4ccc(-c5ccc([N+](=O)[O-])cc5)o4)cc3)cs2)cc1. The van der Waals surface area contributed by atoms with Gasteiger partial charge < -0.3 is 9.73 Å². The smallest absolute Gasteiger partial charge is 0.271 e. The first-order chi connectivity index (χ1) is 18.4. The molecule has 5 aromatic rings. The van der Waals surface area contributed by atoms with Crippen LogP contribution in [0.4, 0.5) is 16.5 Å². The number of aromatic nitrogens is 1. The molecule has 0 radical (unpaired) electrons. The molecule has 2 N–H and O–H groups in total. The lowest BCUT2D eigenvalue weighted by Gasteiger charge is -2.03. The number of nitrogens with zero attached hydrogens (tertiary/aromatic N) is 3. The minimum absolute atomic E-state index is 0.00398. The first-order valence-corrected chi connectivity index (χ1v) is 12.4. The van der Waals surface area contributed by atoms with Crippen LogP contribution >= 0.6 is 11.3 Å². The molecule has 0 aliphatic heterocycles. The second-order valence-corrected chi connectivity index (χ2v) is 9.17. The van der Waals surface area contributed by atoms with Crippen LogP contribution in [-0.2, 0) is 0 Å². The summed E-state index contributed by atoms with van der Waals surface area (Å²) < 4.78 is 5.69. The highest BCUT2D eigenvalue weighted by Crippen LogP contribution is 2.28. The zero-order chi connectivity index (χ0) is 26.5. The van der Waals surface area contributed by atoms with E-state index in [9.17, 15) is 14.9 Å². The van der Waals surface area contributed by atoms with Gasteiger partial charge in [0.2, 0.25) is 0 Å². The fourth-order valence-corrected chi connectivity index (χ4v) is 4.30. The Labute approximate surface area is 221 Å². The number of hydrazone groups is 1. The number of nitro benzene ring substituents is 1. The van der Waals surface area contributed by atoms with Crippen molar-refractivity contribution in [2.24, 2.45) is 5.10 Å². The van der Waals surface area contributed by atoms with Gasteiger partial charge in [0.15, 0.2) is 5.13 Å². The second-order valence-electron chi connectivity index (χ2n) is 8.31. The number of benzene rings is 3. The summed E-state index contributed by atoms with van der Waals surface area (Å²) in [6.07, 6.45) is 1.39. The number of rotatable bonds is 8. The Morgan fingerprint density at radius 1 is 0.974 bits per heavy atom. The van der Waals surface area contributed by atoms with Crippen molar-refractivity contribution >= 4 is 40.0 Å². The number of thiazole rings is 1. The van der Waals surface area contributed by atoms with Crippen molar-refractivity contribution in [3.05, 3.63) is 117 Å². The number of anilines is 2. The van der Waals surface area contributed by atoms with Crippen LogP contribution in [-0.4, -0.2) is 22.0 Å². The molecule has 3 aromatic carbocycles. The number of carbonyl (C=O) groups is 1. The standard InChI is InChI=1S/C28H21N5O4S/c1-18-2-10-22(11-3-18)30-28-31-25(17-38-28)19-4-6-21(7-5-19)27(34)32-29-16-24-14-15-26(37-24)20-8-12-23(13-9-20)33(35)36/h2-17H,1H3,(H,30,31)(H,32,34)/b29-16-. The van der Waals surface area contributed by atoms with Crippen LogP contribution in [0.15, 0.2) is 99.8 Å². The zero-order valence-corrected chi connectivity index (χ0v) is 20.9. The van der Waals surface area contributed by atoms with Crippen molar-refractivity contribution < 1.29 is 14.1 Å². The molecule has 9 nitrogen and oxygen atoms in total. The summed E-state index contributed by atoms with van der Waals surface area (Å²) >= 11 is 1.51. The molecule has 0 saturated heterocycles. The molecule has 5 rings (SSSR count). The normalized spacial score (nSPS) is 11.0. The van der Waals surface area contributed by atoms with E-state index in [1.54, 1.807) is 36.4 Å². The van der Waals surface area contributed by atoms with Crippen LogP contribution in [0, 0.1) is 17.0 Å². The molecular weight excluding hydrogens is 502 g/mol. The van der Waals surface area contributed by atoms with Gasteiger partial charge in [-0.2, -0.15) is 5.10 Å². The molecule has 0 fully saturated rings. The summed E-state index contributed by atoms with van der Waals surface area (Å²) in [6, 6.07) is 24.7. The number of carbonyl (C=O) groups excluding carboxylic acids is 1. The van der Waals surface area contributed by atoms with Gasteiger partial charge in [0.05, 0.1) is 16.8 Å². The van der Waals surface area contributed by atoms with Crippen molar-refractivity contribution in [1.29, 1.82) is 0 Å². The molecule has 38 heavy (non-hydrogen) atoms. The molecule has 2 heterocycles. The number of furan rings is 1. The highest BCUT2D eigenvalue weighted by molar-refractivity contribution is 7.14. The molecular formula is C28H21N5O4S. The quantitative estimate of drug-likeness (QED) is 0.131. The van der Waals surface area contributed by atoms with Crippen molar-refractivity contribution in [1.82, 2.24) is 10.4 Å². The molecule has 0 unspecified atom stereocenters. The number of amides is 1. The lowest BCUT2D eigenvalue weighted by Crippen LogP contribution is -2.17. The van der Waals surface area contributed by atoms with E-state index >= 15 is 0 Å². The van der Waals surface area contributed by atoms with Crippen molar-refractivity contribution in [3.63, 3.8) is 0 Å². The van der Waals surface area contributed by atoms with Crippen LogP contribution in [0.3, 0.4) is 0 Å². The van der Waals surface area contributed by atoms with Gasteiger partial charge in [-0.15, -0.1) is 11.3 Å². The Hall–Kier alpha value is -5.09. The van der Waals surface area contributed by atoms with Gasteiger partial charge in [0.1, 0.15) is 11.5 Å². The van der Waals surface area contributed by atoms with Gasteiger partial charge in [0, 0.05) is 39.9 Å². The maximum Gasteiger partial charge on any atom is 0.271 e. The molecule has 0 aliphatic rings. The van der Waals surface area contributed by atoms with E-state index in [4.69, 9.17) is 4.42 Å². The third kappa shape index (κ3) is 5.82. The Bertz CT molecular complexity index is 1600. The first-order valence-electron chi connectivity index (χ1n) is 11.5. The van der Waals surface area contributed by atoms with Crippen molar-refractivity contribution in [2.45, 2.75) is 6.92 Å². The number of non-ortho nitro benzene ring substituents is 1. The highest BCUT2D eigenvalue weighted by atomic mass is 32.1. The molecule has 188 valence electrons. The molecule has 1 amide bonds. The van der Waals surface area contributed by atoms with Crippen LogP contribution < -0.4 is 10.7 Å². The Balaban J connectivity index is 1.17. The second kappa shape index (κ2) is 10.9. The highest BCUT2D eigenvalue weighted by Gasteiger charge is 2.10. The molecule has 2 aromatic heterocycles. The predicted molar refractivity (Wildman–Crippen MR) is 148 cm³/mol. The average molecular weight is 524 g/mol. The average Bonchev–Trinajstić information content (AvgIpc) is 3.60. The van der Waals surface area contributed by atoms with Gasteiger partial charge in [-0.1, -0.05) is 29.8 Å². The minimum atomic E-state index is -0.458. The van der Waals surface area contributed by atoms with E-state index in [1.165, 1.54) is 35.2 Å². The fraction of sp³-hybridized carbons (Fsp3) is 0.0357. The van der Waals surface area contributed by atoms with Gasteiger partial charge in [0.25, 0.3) is 11.6 Å². The summed E-state index contributed by atoms with van der Waals surface area (Å²) in [5, 5.41) is 20.8. The van der Waals surface area contributed by atoms with Crippen LogP contribution in [0.25, 0.3) is 22.6 Å². The van der Waals surface area contributed by atoms with Crippen molar-refractivity contribution in [3.8, 4) is 22.6 Å². The molecule has 0 bridgehead atoms. The number of nitrogens with one attached hydrogen (secondary N) is 2. The van der Waals surface area contributed by atoms with Crippen LogP contribution in [0.2, 0.25) is 0 Å². The Morgan fingerprint density at radius 3 is 2.39 bits per heavy atom. The lowest BCUT2D eigenvalue weighted by atomic mass is 10.1. The molecule has 0 saturated carbocycles. The van der Waals surface area contributed by atoms with E-state index in [2.05, 4.69) is 20.8 Å². The number of hydrogen-bond acceptors (Lipinski definition) is 8. The summed E-state index contributed by atoms with van der Waals surface area (Å²) in [4.78, 5) is 27.5. The Morgan fingerprint density at radius 2 is 1.68 bits per heavy atom. The Kier molecular flexibility index (Phi) is 7.05. The van der Waals surface area contributed by atoms with E-state index in [0.717, 1.165) is 22.1 Å². The first kappa shape index (κ1) is 24.6. The van der Waals surface area contributed by atoms with Crippen LogP contribution in [0.5, 0.6) is 0 Å². The predicted octanol–water partition coefficient (Wildman–Crippen LogP) is 6.79. The maximum absolute atomic E-state index is 12.5. The monoisotopic (exact) mass is 523 g/mol. The lowest BCUT2D eigenvalue weighted by molar-refractivity contribution is -0.384. The third-order valence-corrected chi connectivity index (χ3v) is 6.35. The van der Waals surface area contributed by atoms with Crippen LogP contribution in [0.1, 0.15) is 21.7 Å². The summed E-state index contributed by atoms with van der Waals surface area (Å²) in [5.41, 5.74) is 7.51. The number of aryl methyl sites for hydroxylation is 1. The fourth-order valence-electron chi connectivity index (χ4n) is 3.56. The van der Waals surface area contributed by atoms with Gasteiger partial charge in [-0.05, 0) is 55.5 Å². The van der Waals surface area contributed by atoms with E-state index in [0.29, 0.717) is 22.6 Å². The largest absolute Gasteiger partial charge is 0.455 e.